The molecule has 3 fully saturated rings. The zero-order valence-corrected chi connectivity index (χ0v) is 18.9. The Bertz CT molecular complexity index is 524. The van der Waals surface area contributed by atoms with E-state index in [9.17, 15) is 4.79 Å². The first-order valence-electron chi connectivity index (χ1n) is 9.97. The average molecular weight is 409 g/mol. The molecule has 1 aliphatic heterocycles. The van der Waals surface area contributed by atoms with E-state index in [1.165, 1.54) is 10.7 Å². The van der Waals surface area contributed by atoms with Gasteiger partial charge in [-0.1, -0.05) is 0 Å². The van der Waals surface area contributed by atoms with E-state index in [0.717, 1.165) is 45.3 Å². The molecule has 0 bridgehead atoms. The van der Waals surface area contributed by atoms with Gasteiger partial charge >= 0.3 is 156 Å². The molecule has 0 aromatic carbocycles. The van der Waals surface area contributed by atoms with Gasteiger partial charge in [0.1, 0.15) is 0 Å². The van der Waals surface area contributed by atoms with Gasteiger partial charge in [0.25, 0.3) is 0 Å². The van der Waals surface area contributed by atoms with Crippen molar-refractivity contribution in [2.24, 2.45) is 29.1 Å². The van der Waals surface area contributed by atoms with Crippen molar-refractivity contribution in [1.82, 2.24) is 0 Å². The Morgan fingerprint density at radius 3 is 2.40 bits per heavy atom. The van der Waals surface area contributed by atoms with Crippen LogP contribution < -0.4 is 0 Å². The molecular weight excluding hydrogens is 373 g/mol. The fraction of sp³-hybridized carbons (Fsp3) is 0.857. The molecule has 4 atom stereocenters. The van der Waals surface area contributed by atoms with Crippen molar-refractivity contribution in [3.63, 3.8) is 0 Å². The number of hydrogen-bond donors (Lipinski definition) is 0. The Hall–Kier alpha value is -0.127. The molecule has 2 saturated carbocycles. The first-order valence-corrected chi connectivity index (χ1v) is 17.3. The third kappa shape index (κ3) is 4.09. The van der Waals surface area contributed by atoms with Crippen LogP contribution in [0.4, 0.5) is 0 Å². The molecule has 3 rings (SSSR count). The molecular formula is C21H36GeO3. The Morgan fingerprint density at radius 2 is 1.84 bits per heavy atom. The molecule has 0 radical (unpaired) electrons. The molecule has 142 valence electrons. The van der Waals surface area contributed by atoms with E-state index in [1.54, 1.807) is 0 Å². The second-order valence-corrected chi connectivity index (χ2v) is 21.5. The van der Waals surface area contributed by atoms with Crippen molar-refractivity contribution in [2.45, 2.75) is 69.0 Å². The first kappa shape index (κ1) is 19.6. The van der Waals surface area contributed by atoms with E-state index in [0.29, 0.717) is 17.8 Å². The Balaban J connectivity index is 1.65. The summed E-state index contributed by atoms with van der Waals surface area (Å²) in [5.41, 5.74) is 0.115. The van der Waals surface area contributed by atoms with Crippen LogP contribution in [-0.4, -0.2) is 38.6 Å². The van der Waals surface area contributed by atoms with Gasteiger partial charge in [0.05, 0.1) is 0 Å². The summed E-state index contributed by atoms with van der Waals surface area (Å²) in [6.45, 7) is 10.3. The number of carbonyl (C=O) groups is 1. The quantitative estimate of drug-likeness (QED) is 0.482. The summed E-state index contributed by atoms with van der Waals surface area (Å²) in [7, 11) is 0. The normalized spacial score (nSPS) is 36.4. The molecule has 1 heterocycles. The molecule has 1 spiro atoms. The van der Waals surface area contributed by atoms with E-state index in [-0.39, 0.29) is 17.1 Å². The van der Waals surface area contributed by atoms with Gasteiger partial charge in [0.15, 0.2) is 0 Å². The van der Waals surface area contributed by atoms with Crippen molar-refractivity contribution < 1.29 is 14.3 Å². The molecule has 2 aliphatic carbocycles. The van der Waals surface area contributed by atoms with Crippen molar-refractivity contribution in [2.75, 3.05) is 13.2 Å². The minimum absolute atomic E-state index is 0.115. The number of allylic oxidation sites excluding steroid dienone is 1. The Morgan fingerprint density at radius 1 is 1.20 bits per heavy atom. The molecule has 1 saturated heterocycles. The molecule has 0 aromatic heterocycles. The third-order valence-corrected chi connectivity index (χ3v) is 11.8. The predicted molar refractivity (Wildman–Crippen MR) is 104 cm³/mol. The van der Waals surface area contributed by atoms with E-state index in [2.05, 4.69) is 37.7 Å². The average Bonchev–Trinajstić information content (AvgIpc) is 3.02. The van der Waals surface area contributed by atoms with Crippen molar-refractivity contribution >= 4 is 19.6 Å². The SMILES string of the molecule is C=[C](CC[C@@H]1C(C=O)C[C@H]2CC3(C[C@H]21)OCC(C)(C)CO3)[Ge]([CH3])([CH3])[CH3]. The van der Waals surface area contributed by atoms with Gasteiger partial charge in [-0.15, -0.1) is 0 Å². The van der Waals surface area contributed by atoms with Crippen molar-refractivity contribution in [3.8, 4) is 0 Å². The van der Waals surface area contributed by atoms with Crippen molar-refractivity contribution in [1.29, 1.82) is 0 Å². The van der Waals surface area contributed by atoms with Gasteiger partial charge in [-0.3, -0.25) is 0 Å². The molecule has 25 heavy (non-hydrogen) atoms. The summed E-state index contributed by atoms with van der Waals surface area (Å²) in [6.07, 6.45) is 6.43. The summed E-state index contributed by atoms with van der Waals surface area (Å²) < 4.78 is 14.0. The number of fused-ring (bicyclic) bond motifs is 1. The fourth-order valence-electron chi connectivity index (χ4n) is 5.03. The molecule has 0 N–H and O–H groups in total. The molecule has 4 heteroatoms. The van der Waals surface area contributed by atoms with Gasteiger partial charge in [-0.05, 0) is 0 Å². The zero-order chi connectivity index (χ0) is 18.5. The number of hydrogen-bond acceptors (Lipinski definition) is 3. The summed E-state index contributed by atoms with van der Waals surface area (Å²) in [5, 5.41) is 0. The predicted octanol–water partition coefficient (Wildman–Crippen LogP) is 4.83. The van der Waals surface area contributed by atoms with Gasteiger partial charge < -0.3 is 0 Å². The summed E-state index contributed by atoms with van der Waals surface area (Å²) >= 11 is -1.79. The van der Waals surface area contributed by atoms with Crippen LogP contribution in [-0.2, 0) is 14.3 Å². The topological polar surface area (TPSA) is 35.5 Å². The van der Waals surface area contributed by atoms with E-state index < -0.39 is 13.3 Å². The van der Waals surface area contributed by atoms with Gasteiger partial charge in [0, 0.05) is 0 Å². The van der Waals surface area contributed by atoms with Crippen LogP contribution in [0.3, 0.4) is 0 Å². The first-order chi connectivity index (χ1) is 11.6. The summed E-state index contributed by atoms with van der Waals surface area (Å²) in [6, 6.07) is 0. The molecule has 3 nitrogen and oxygen atoms in total. The molecule has 0 amide bonds. The van der Waals surface area contributed by atoms with Crippen LogP contribution in [0, 0.1) is 29.1 Å². The van der Waals surface area contributed by atoms with Crippen LogP contribution in [0.15, 0.2) is 11.0 Å². The zero-order valence-electron chi connectivity index (χ0n) is 16.8. The van der Waals surface area contributed by atoms with Gasteiger partial charge in [0.2, 0.25) is 0 Å². The summed E-state index contributed by atoms with van der Waals surface area (Å²) in [4.78, 5) is 11.7. The van der Waals surface area contributed by atoms with Crippen molar-refractivity contribution in [3.05, 3.63) is 11.0 Å². The standard InChI is InChI=1S/C21H36GeO3/c1-15(22(4,5)6)7-8-18-17(12-23)9-16-10-21(11-19(16)18)24-13-20(2,3)14-25-21/h12,16-19H,1,7-11,13-14H2,2-6H3/t16-,17?,18+,19+/m0/s1. The monoisotopic (exact) mass is 410 g/mol. The molecule has 3 aliphatic rings. The Labute approximate surface area is 156 Å². The number of aldehydes is 1. The molecule has 0 aromatic rings. The third-order valence-electron chi connectivity index (χ3n) is 6.87. The fourth-order valence-corrected chi connectivity index (χ4v) is 6.91. The van der Waals surface area contributed by atoms with E-state index in [1.807, 2.05) is 0 Å². The summed E-state index contributed by atoms with van der Waals surface area (Å²) in [5.74, 6) is 8.75. The van der Waals surface area contributed by atoms with Crippen LogP contribution in [0.1, 0.15) is 46.0 Å². The van der Waals surface area contributed by atoms with E-state index >= 15 is 0 Å². The second kappa shape index (κ2) is 6.79. The maximum atomic E-state index is 11.7. The van der Waals surface area contributed by atoms with Crippen LogP contribution >= 0.6 is 0 Å². The number of rotatable bonds is 5. The van der Waals surface area contributed by atoms with Gasteiger partial charge in [-0.2, -0.15) is 0 Å². The number of ether oxygens (including phenoxy) is 2. The minimum atomic E-state index is -1.79. The second-order valence-electron chi connectivity index (χ2n) is 10.6. The van der Waals surface area contributed by atoms with E-state index in [4.69, 9.17) is 9.47 Å². The van der Waals surface area contributed by atoms with Crippen LogP contribution in [0.2, 0.25) is 17.3 Å². The van der Waals surface area contributed by atoms with Crippen LogP contribution in [0.5, 0.6) is 0 Å². The maximum absolute atomic E-state index is 11.7. The number of carbonyl (C=O) groups excluding carboxylic acids is 1. The van der Waals surface area contributed by atoms with Gasteiger partial charge in [-0.25, -0.2) is 0 Å². The van der Waals surface area contributed by atoms with Crippen LogP contribution in [0.25, 0.3) is 0 Å². The molecule has 1 unspecified atom stereocenters. The Kier molecular flexibility index (Phi) is 5.34.